The van der Waals surface area contributed by atoms with Gasteiger partial charge in [-0.2, -0.15) is 0 Å². The molecule has 0 saturated carbocycles. The molecule has 0 aromatic carbocycles. The molecule has 4 heteroatoms. The summed E-state index contributed by atoms with van der Waals surface area (Å²) in [5.74, 6) is 0. The van der Waals surface area contributed by atoms with Gasteiger partial charge in [0.1, 0.15) is 0 Å². The second-order valence-corrected chi connectivity index (χ2v) is 3.71. The van der Waals surface area contributed by atoms with Gasteiger partial charge in [0, 0.05) is 13.1 Å². The summed E-state index contributed by atoms with van der Waals surface area (Å²) in [6.07, 6.45) is -0.513. The van der Waals surface area contributed by atoms with E-state index in [1.807, 2.05) is 13.8 Å². The molecule has 1 saturated heterocycles. The first-order valence-corrected chi connectivity index (χ1v) is 4.20. The maximum absolute atomic E-state index is 11.2. The first-order valence-electron chi connectivity index (χ1n) is 4.20. The highest BCUT2D eigenvalue weighted by Crippen LogP contribution is 2.20. The zero-order valence-corrected chi connectivity index (χ0v) is 7.79. The van der Waals surface area contributed by atoms with Gasteiger partial charge < -0.3 is 15.3 Å². The SMILES string of the molecule is CC(O)C(C)(C)N1CCNC1=O. The lowest BCUT2D eigenvalue weighted by Gasteiger charge is -2.36. The van der Waals surface area contributed by atoms with Crippen molar-refractivity contribution in [2.45, 2.75) is 32.4 Å². The van der Waals surface area contributed by atoms with Gasteiger partial charge in [-0.25, -0.2) is 4.79 Å². The Labute approximate surface area is 72.6 Å². The fraction of sp³-hybridized carbons (Fsp3) is 0.875. The van der Waals surface area contributed by atoms with Gasteiger partial charge in [-0.1, -0.05) is 0 Å². The monoisotopic (exact) mass is 172 g/mol. The van der Waals surface area contributed by atoms with Crippen LogP contribution in [0.25, 0.3) is 0 Å². The van der Waals surface area contributed by atoms with Crippen LogP contribution < -0.4 is 5.32 Å². The Morgan fingerprint density at radius 2 is 2.25 bits per heavy atom. The van der Waals surface area contributed by atoms with Crippen LogP contribution in [0, 0.1) is 0 Å². The van der Waals surface area contributed by atoms with E-state index in [4.69, 9.17) is 0 Å². The number of aliphatic hydroxyl groups is 1. The maximum atomic E-state index is 11.2. The van der Waals surface area contributed by atoms with E-state index in [1.54, 1.807) is 11.8 Å². The lowest BCUT2D eigenvalue weighted by atomic mass is 9.97. The van der Waals surface area contributed by atoms with Crippen LogP contribution in [-0.4, -0.2) is 40.8 Å². The molecule has 2 amide bonds. The van der Waals surface area contributed by atoms with Crippen LogP contribution in [0.4, 0.5) is 4.79 Å². The van der Waals surface area contributed by atoms with Crippen LogP contribution in [0.1, 0.15) is 20.8 Å². The van der Waals surface area contributed by atoms with E-state index >= 15 is 0 Å². The summed E-state index contributed by atoms with van der Waals surface area (Å²) >= 11 is 0. The lowest BCUT2D eigenvalue weighted by Crippen LogP contribution is -2.52. The molecule has 0 aliphatic carbocycles. The van der Waals surface area contributed by atoms with Crippen LogP contribution in [0.15, 0.2) is 0 Å². The maximum Gasteiger partial charge on any atom is 0.318 e. The minimum atomic E-state index is -0.513. The molecule has 0 spiro atoms. The van der Waals surface area contributed by atoms with E-state index in [0.29, 0.717) is 13.1 Å². The largest absolute Gasteiger partial charge is 0.391 e. The molecule has 0 bridgehead atoms. The van der Waals surface area contributed by atoms with Gasteiger partial charge in [-0.15, -0.1) is 0 Å². The second-order valence-electron chi connectivity index (χ2n) is 3.71. The summed E-state index contributed by atoms with van der Waals surface area (Å²) in [5.41, 5.74) is -0.472. The average Bonchev–Trinajstić information content (AvgIpc) is 2.35. The molecule has 1 atom stereocenters. The van der Waals surface area contributed by atoms with Crippen molar-refractivity contribution >= 4 is 6.03 Å². The summed E-state index contributed by atoms with van der Waals surface area (Å²) in [6, 6.07) is -0.0825. The average molecular weight is 172 g/mol. The molecule has 0 aromatic heterocycles. The first kappa shape index (κ1) is 9.32. The molecular weight excluding hydrogens is 156 g/mol. The number of urea groups is 1. The molecule has 1 fully saturated rings. The number of amides is 2. The second kappa shape index (κ2) is 2.94. The van der Waals surface area contributed by atoms with Crippen molar-refractivity contribution in [1.29, 1.82) is 0 Å². The van der Waals surface area contributed by atoms with E-state index in [2.05, 4.69) is 5.32 Å². The molecule has 1 aliphatic rings. The fourth-order valence-electron chi connectivity index (χ4n) is 1.25. The molecule has 1 heterocycles. The summed E-state index contributed by atoms with van der Waals surface area (Å²) in [6.45, 7) is 6.78. The third-order valence-electron chi connectivity index (χ3n) is 2.57. The number of carbonyl (C=O) groups is 1. The quantitative estimate of drug-likeness (QED) is 0.624. The number of nitrogens with zero attached hydrogens (tertiary/aromatic N) is 1. The Morgan fingerprint density at radius 1 is 1.67 bits per heavy atom. The molecular formula is C8H16N2O2. The minimum Gasteiger partial charge on any atom is -0.391 e. The zero-order valence-electron chi connectivity index (χ0n) is 7.79. The van der Waals surface area contributed by atoms with Gasteiger partial charge >= 0.3 is 6.03 Å². The van der Waals surface area contributed by atoms with Crippen LogP contribution >= 0.6 is 0 Å². The first-order chi connectivity index (χ1) is 5.46. The van der Waals surface area contributed by atoms with Gasteiger partial charge in [-0.05, 0) is 20.8 Å². The Bertz CT molecular complexity index is 189. The number of rotatable bonds is 2. The van der Waals surface area contributed by atoms with Crippen LogP contribution in [0.3, 0.4) is 0 Å². The Morgan fingerprint density at radius 3 is 2.58 bits per heavy atom. The third-order valence-corrected chi connectivity index (χ3v) is 2.57. The van der Waals surface area contributed by atoms with E-state index in [1.165, 1.54) is 0 Å². The van der Waals surface area contributed by atoms with E-state index in [0.717, 1.165) is 0 Å². The van der Waals surface area contributed by atoms with Gasteiger partial charge in [0.2, 0.25) is 0 Å². The standard InChI is InChI=1S/C8H16N2O2/c1-6(11)8(2,3)10-5-4-9-7(10)12/h6,11H,4-5H2,1-3H3,(H,9,12). The third kappa shape index (κ3) is 1.39. The van der Waals surface area contributed by atoms with Crippen molar-refractivity contribution in [3.05, 3.63) is 0 Å². The van der Waals surface area contributed by atoms with Crippen molar-refractivity contribution in [2.75, 3.05) is 13.1 Å². The molecule has 2 N–H and O–H groups in total. The number of aliphatic hydroxyl groups excluding tert-OH is 1. The Kier molecular flexibility index (Phi) is 2.28. The van der Waals surface area contributed by atoms with Gasteiger partial charge in [0.05, 0.1) is 11.6 Å². The van der Waals surface area contributed by atoms with Crippen LogP contribution in [0.5, 0.6) is 0 Å². The fourth-order valence-corrected chi connectivity index (χ4v) is 1.25. The molecule has 0 aromatic rings. The summed E-state index contributed by atoms with van der Waals surface area (Å²) < 4.78 is 0. The van der Waals surface area contributed by atoms with Gasteiger partial charge in [-0.3, -0.25) is 0 Å². The highest BCUT2D eigenvalue weighted by Gasteiger charge is 2.37. The zero-order chi connectivity index (χ0) is 9.35. The van der Waals surface area contributed by atoms with Gasteiger partial charge in [0.15, 0.2) is 0 Å². The van der Waals surface area contributed by atoms with Crippen molar-refractivity contribution in [2.24, 2.45) is 0 Å². The number of carbonyl (C=O) groups excluding carboxylic acids is 1. The van der Waals surface area contributed by atoms with Crippen LogP contribution in [-0.2, 0) is 0 Å². The molecule has 0 radical (unpaired) electrons. The van der Waals surface area contributed by atoms with Crippen molar-refractivity contribution in [3.63, 3.8) is 0 Å². The van der Waals surface area contributed by atoms with E-state index in [-0.39, 0.29) is 6.03 Å². The Balaban J connectivity index is 2.73. The minimum absolute atomic E-state index is 0.0825. The summed E-state index contributed by atoms with van der Waals surface area (Å²) in [7, 11) is 0. The Hall–Kier alpha value is -0.770. The normalized spacial score (nSPS) is 21.0. The molecule has 70 valence electrons. The topological polar surface area (TPSA) is 52.6 Å². The summed E-state index contributed by atoms with van der Waals surface area (Å²) in [4.78, 5) is 12.9. The van der Waals surface area contributed by atoms with Crippen molar-refractivity contribution in [1.82, 2.24) is 10.2 Å². The van der Waals surface area contributed by atoms with Crippen molar-refractivity contribution in [3.8, 4) is 0 Å². The highest BCUT2D eigenvalue weighted by atomic mass is 16.3. The predicted molar refractivity (Wildman–Crippen MR) is 45.9 cm³/mol. The summed E-state index contributed by atoms with van der Waals surface area (Å²) in [5, 5.41) is 12.1. The highest BCUT2D eigenvalue weighted by molar-refractivity contribution is 5.77. The number of hydrogen-bond acceptors (Lipinski definition) is 2. The number of nitrogens with one attached hydrogen (secondary N) is 1. The van der Waals surface area contributed by atoms with E-state index < -0.39 is 11.6 Å². The van der Waals surface area contributed by atoms with Crippen molar-refractivity contribution < 1.29 is 9.90 Å². The molecule has 1 aliphatic heterocycles. The molecule has 4 nitrogen and oxygen atoms in total. The molecule has 12 heavy (non-hydrogen) atoms. The number of hydrogen-bond donors (Lipinski definition) is 2. The molecule has 1 unspecified atom stereocenters. The van der Waals surface area contributed by atoms with Gasteiger partial charge in [0.25, 0.3) is 0 Å². The lowest BCUT2D eigenvalue weighted by molar-refractivity contribution is 0.0337. The smallest absolute Gasteiger partial charge is 0.318 e. The van der Waals surface area contributed by atoms with Crippen LogP contribution in [0.2, 0.25) is 0 Å². The van der Waals surface area contributed by atoms with E-state index in [9.17, 15) is 9.90 Å². The predicted octanol–water partition coefficient (Wildman–Crippen LogP) is 0.171. The molecule has 1 rings (SSSR count).